The Morgan fingerprint density at radius 3 is 2.51 bits per heavy atom. The van der Waals surface area contributed by atoms with Crippen molar-refractivity contribution in [1.29, 1.82) is 0 Å². The maximum atomic E-state index is 13.4. The van der Waals surface area contributed by atoms with E-state index in [9.17, 15) is 35.9 Å². The van der Waals surface area contributed by atoms with Gasteiger partial charge in [0.25, 0.3) is 0 Å². The van der Waals surface area contributed by atoms with Crippen molar-refractivity contribution in [3.8, 4) is 11.5 Å². The van der Waals surface area contributed by atoms with Crippen molar-refractivity contribution in [2.75, 3.05) is 26.9 Å². The van der Waals surface area contributed by atoms with Crippen molar-refractivity contribution in [3.05, 3.63) is 48.0 Å². The molecule has 1 aliphatic rings. The number of carbonyl (C=O) groups excluding carboxylic acids is 2. The molecule has 0 spiro atoms. The van der Waals surface area contributed by atoms with Gasteiger partial charge in [-0.25, -0.2) is 0 Å². The number of halogens is 6. The molecule has 1 atom stereocenters. The van der Waals surface area contributed by atoms with Crippen LogP contribution in [-0.2, 0) is 20.5 Å². The molecule has 15 heteroatoms. The highest BCUT2D eigenvalue weighted by atomic mass is 19.4. The summed E-state index contributed by atoms with van der Waals surface area (Å²) in [7, 11) is 1.20. The van der Waals surface area contributed by atoms with Gasteiger partial charge in [-0.2, -0.15) is 26.3 Å². The van der Waals surface area contributed by atoms with Gasteiger partial charge in [0, 0.05) is 19.2 Å². The van der Waals surface area contributed by atoms with Crippen molar-refractivity contribution >= 4 is 18.0 Å². The molecular weight excluding hydrogens is 514 g/mol. The summed E-state index contributed by atoms with van der Waals surface area (Å²) in [5.74, 6) is -3.13. The lowest BCUT2D eigenvalue weighted by Gasteiger charge is -2.27. The van der Waals surface area contributed by atoms with E-state index in [1.807, 2.05) is 0 Å². The minimum absolute atomic E-state index is 0.0160. The zero-order valence-electron chi connectivity index (χ0n) is 19.5. The number of alkyl halides is 6. The maximum absolute atomic E-state index is 13.4. The summed E-state index contributed by atoms with van der Waals surface area (Å²) in [6, 6.07) is 3.02. The Hall–Kier alpha value is -3.75. The minimum atomic E-state index is -4.76. The van der Waals surface area contributed by atoms with Crippen LogP contribution in [-0.4, -0.2) is 56.6 Å². The van der Waals surface area contributed by atoms with Crippen LogP contribution in [0.25, 0.3) is 0 Å². The number of carbonyl (C=O) groups is 2. The van der Waals surface area contributed by atoms with E-state index in [0.717, 1.165) is 24.5 Å². The molecule has 1 aromatic rings. The maximum Gasteiger partial charge on any atom is 0.420 e. The largest absolute Gasteiger partial charge is 0.497 e. The molecule has 0 radical (unpaired) electrons. The standard InChI is InChI=1S/C22H24F6N4O5/c1-13(10-31-19(34)20(5-6-36-12-20)32-18(33)8-21(23,24)25)30-11-15(9-29)37-17-4-3-14(35-2)7-16(17)22(26,27)28/h3-4,7,9,11H,1,5-6,8,10,12,29H2,2H3,(H,31,34)(H,32,33)/b15-9+,30-11?. The average Bonchev–Trinajstić information content (AvgIpc) is 3.27. The summed E-state index contributed by atoms with van der Waals surface area (Å²) in [6.07, 6.45) is -9.54. The molecule has 0 bridgehead atoms. The van der Waals surface area contributed by atoms with Crippen LogP contribution in [0, 0.1) is 0 Å². The Labute approximate surface area is 207 Å². The van der Waals surface area contributed by atoms with Crippen molar-refractivity contribution in [1.82, 2.24) is 10.6 Å². The summed E-state index contributed by atoms with van der Waals surface area (Å²) in [4.78, 5) is 28.2. The summed E-state index contributed by atoms with van der Waals surface area (Å²) in [5, 5.41) is 4.46. The van der Waals surface area contributed by atoms with E-state index in [2.05, 4.69) is 22.2 Å². The van der Waals surface area contributed by atoms with E-state index in [1.54, 1.807) is 0 Å². The highest BCUT2D eigenvalue weighted by molar-refractivity contribution is 5.92. The summed E-state index contributed by atoms with van der Waals surface area (Å²) >= 11 is 0. The molecule has 1 aliphatic heterocycles. The van der Waals surface area contributed by atoms with Crippen LogP contribution in [0.5, 0.6) is 11.5 Å². The Morgan fingerprint density at radius 2 is 1.97 bits per heavy atom. The van der Waals surface area contributed by atoms with Crippen LogP contribution >= 0.6 is 0 Å². The smallest absolute Gasteiger partial charge is 0.420 e. The molecular formula is C22H24F6N4O5. The normalized spacial score (nSPS) is 18.5. The lowest BCUT2D eigenvalue weighted by Crippen LogP contribution is -2.60. The number of nitrogens with zero attached hydrogens (tertiary/aromatic N) is 1. The first-order valence-electron chi connectivity index (χ1n) is 10.5. The predicted octanol–water partition coefficient (Wildman–Crippen LogP) is 2.82. The van der Waals surface area contributed by atoms with Crippen LogP contribution in [0.15, 0.2) is 47.4 Å². The molecule has 204 valence electrons. The van der Waals surface area contributed by atoms with Crippen molar-refractivity contribution in [2.24, 2.45) is 10.7 Å². The van der Waals surface area contributed by atoms with Gasteiger partial charge < -0.3 is 30.6 Å². The fraction of sp³-hybridized carbons (Fsp3) is 0.409. The second kappa shape index (κ2) is 12.0. The third kappa shape index (κ3) is 8.70. The number of aliphatic imine (C=N–C) groups is 1. The number of ether oxygens (including phenoxy) is 3. The van der Waals surface area contributed by atoms with Gasteiger partial charge in [-0.15, -0.1) is 0 Å². The van der Waals surface area contributed by atoms with E-state index >= 15 is 0 Å². The summed E-state index contributed by atoms with van der Waals surface area (Å²) < 4.78 is 92.6. The number of nitrogens with one attached hydrogen (secondary N) is 2. The molecule has 0 aromatic heterocycles. The topological polar surface area (TPSA) is 124 Å². The number of hydrogen-bond acceptors (Lipinski definition) is 7. The monoisotopic (exact) mass is 538 g/mol. The van der Waals surface area contributed by atoms with Gasteiger partial charge in [0.05, 0.1) is 32.2 Å². The highest BCUT2D eigenvalue weighted by Gasteiger charge is 2.45. The van der Waals surface area contributed by atoms with Crippen molar-refractivity contribution in [2.45, 2.75) is 30.7 Å². The Balaban J connectivity index is 2.02. The number of allylic oxidation sites excluding steroid dienone is 1. The van der Waals surface area contributed by atoms with Crippen LogP contribution in [0.2, 0.25) is 0 Å². The molecule has 1 aromatic carbocycles. The zero-order chi connectivity index (χ0) is 27.9. The van der Waals surface area contributed by atoms with E-state index in [4.69, 9.17) is 19.9 Å². The van der Waals surface area contributed by atoms with Crippen LogP contribution in [0.1, 0.15) is 18.4 Å². The predicted molar refractivity (Wildman–Crippen MR) is 119 cm³/mol. The zero-order valence-corrected chi connectivity index (χ0v) is 19.5. The second-order valence-corrected chi connectivity index (χ2v) is 7.76. The van der Waals surface area contributed by atoms with Crippen molar-refractivity contribution in [3.63, 3.8) is 0 Å². The Kier molecular flexibility index (Phi) is 9.55. The lowest BCUT2D eigenvalue weighted by molar-refractivity contribution is -0.156. The van der Waals surface area contributed by atoms with Crippen LogP contribution in [0.3, 0.4) is 0 Å². The number of nitrogens with two attached hydrogens (primary N) is 1. The number of methoxy groups -OCH3 is 1. The first-order chi connectivity index (χ1) is 17.2. The number of benzene rings is 1. The van der Waals surface area contributed by atoms with Gasteiger partial charge in [0.2, 0.25) is 11.8 Å². The quantitative estimate of drug-likeness (QED) is 0.239. The van der Waals surface area contributed by atoms with E-state index in [1.165, 1.54) is 13.2 Å². The Bertz CT molecular complexity index is 1060. The molecule has 2 rings (SSSR count). The molecule has 0 aliphatic carbocycles. The highest BCUT2D eigenvalue weighted by Crippen LogP contribution is 2.39. The number of amides is 2. The molecule has 9 nitrogen and oxygen atoms in total. The molecule has 4 N–H and O–H groups in total. The van der Waals surface area contributed by atoms with Crippen LogP contribution < -0.4 is 25.8 Å². The average molecular weight is 538 g/mol. The van der Waals surface area contributed by atoms with Gasteiger partial charge in [0.15, 0.2) is 5.76 Å². The van der Waals surface area contributed by atoms with Gasteiger partial charge in [-0.1, -0.05) is 6.58 Å². The fourth-order valence-corrected chi connectivity index (χ4v) is 3.12. The van der Waals surface area contributed by atoms with Gasteiger partial charge in [0.1, 0.15) is 29.0 Å². The van der Waals surface area contributed by atoms with Crippen LogP contribution in [0.4, 0.5) is 26.3 Å². The minimum Gasteiger partial charge on any atom is -0.497 e. The van der Waals surface area contributed by atoms with E-state index in [-0.39, 0.29) is 43.4 Å². The molecule has 1 heterocycles. The first-order valence-corrected chi connectivity index (χ1v) is 10.5. The molecule has 1 fully saturated rings. The second-order valence-electron chi connectivity index (χ2n) is 7.76. The molecule has 1 unspecified atom stereocenters. The number of hydrogen-bond donors (Lipinski definition) is 3. The van der Waals surface area contributed by atoms with Gasteiger partial charge in [-0.3, -0.25) is 14.6 Å². The summed E-state index contributed by atoms with van der Waals surface area (Å²) in [6.45, 7) is 2.96. The van der Waals surface area contributed by atoms with E-state index in [0.29, 0.717) is 0 Å². The molecule has 1 saturated heterocycles. The lowest BCUT2D eigenvalue weighted by atomic mass is 9.97. The van der Waals surface area contributed by atoms with Crippen molar-refractivity contribution < 1.29 is 50.1 Å². The number of rotatable bonds is 10. The molecule has 37 heavy (non-hydrogen) atoms. The third-order valence-corrected chi connectivity index (χ3v) is 4.91. The van der Waals surface area contributed by atoms with Gasteiger partial charge >= 0.3 is 12.4 Å². The van der Waals surface area contributed by atoms with E-state index < -0.39 is 47.4 Å². The summed E-state index contributed by atoms with van der Waals surface area (Å²) in [5.41, 5.74) is 2.57. The SMILES string of the molecule is C=C(CNC(=O)C1(NC(=O)CC(F)(F)F)CCOC1)N=C/C(=C\N)Oc1ccc(OC)cc1C(F)(F)F. The first kappa shape index (κ1) is 29.5. The van der Waals surface area contributed by atoms with Gasteiger partial charge in [-0.05, 0) is 18.2 Å². The third-order valence-electron chi connectivity index (χ3n) is 4.91. The fourth-order valence-electron chi connectivity index (χ4n) is 3.12. The molecule has 0 saturated carbocycles. The Morgan fingerprint density at radius 1 is 1.27 bits per heavy atom. The molecule has 2 amide bonds.